The number of carboxylic acids is 1. The summed E-state index contributed by atoms with van der Waals surface area (Å²) in [7, 11) is 0. The number of benzene rings is 1. The minimum absolute atomic E-state index is 0.276. The summed E-state index contributed by atoms with van der Waals surface area (Å²) < 4.78 is 0.733. The van der Waals surface area contributed by atoms with Crippen LogP contribution in [-0.2, 0) is 4.79 Å². The molecule has 0 aliphatic heterocycles. The number of aryl methyl sites for hydroxylation is 1. The molecule has 0 radical (unpaired) electrons. The summed E-state index contributed by atoms with van der Waals surface area (Å²) in [5, 5.41) is 18.1. The van der Waals surface area contributed by atoms with Gasteiger partial charge in [-0.1, -0.05) is 33.6 Å². The van der Waals surface area contributed by atoms with Crippen molar-refractivity contribution in [2.75, 3.05) is 0 Å². The normalized spacial score (nSPS) is 12.5. The fourth-order valence-electron chi connectivity index (χ4n) is 1.19. The summed E-state index contributed by atoms with van der Waals surface area (Å²) in [6.07, 6.45) is -1.23. The molecule has 2 N–H and O–H groups in total. The van der Waals surface area contributed by atoms with E-state index in [2.05, 4.69) is 15.9 Å². The third-order valence-corrected chi connectivity index (χ3v) is 2.60. The van der Waals surface area contributed by atoms with Gasteiger partial charge < -0.3 is 10.2 Å². The predicted octanol–water partition coefficient (Wildman–Crippen LogP) is 2.27. The van der Waals surface area contributed by atoms with Gasteiger partial charge >= 0.3 is 5.97 Å². The van der Waals surface area contributed by atoms with Gasteiger partial charge in [0.25, 0.3) is 0 Å². The first-order chi connectivity index (χ1) is 6.50. The number of hydrogen-bond acceptors (Lipinski definition) is 2. The van der Waals surface area contributed by atoms with Gasteiger partial charge in [0.2, 0.25) is 0 Å². The zero-order chi connectivity index (χ0) is 10.7. The average molecular weight is 259 g/mol. The number of aliphatic hydroxyl groups is 1. The SMILES string of the molecule is Cc1ccc(Br)c(C(O)CC(=O)O)c1. The Kier molecular flexibility index (Phi) is 3.66. The summed E-state index contributed by atoms with van der Waals surface area (Å²) in [5.41, 5.74) is 1.61. The zero-order valence-electron chi connectivity index (χ0n) is 7.70. The minimum atomic E-state index is -1.01. The van der Waals surface area contributed by atoms with Gasteiger partial charge in [0.1, 0.15) is 0 Å². The molecule has 4 heteroatoms. The number of rotatable bonds is 3. The predicted molar refractivity (Wildman–Crippen MR) is 56.1 cm³/mol. The van der Waals surface area contributed by atoms with Crippen molar-refractivity contribution in [3.63, 3.8) is 0 Å². The minimum Gasteiger partial charge on any atom is -0.481 e. The van der Waals surface area contributed by atoms with Crippen LogP contribution in [-0.4, -0.2) is 16.2 Å². The molecule has 76 valence electrons. The first kappa shape index (κ1) is 11.2. The van der Waals surface area contributed by atoms with Crippen LogP contribution in [0.3, 0.4) is 0 Å². The third kappa shape index (κ3) is 2.82. The number of carbonyl (C=O) groups is 1. The molecule has 1 rings (SSSR count). The molecule has 0 aliphatic rings. The second kappa shape index (κ2) is 4.57. The van der Waals surface area contributed by atoms with Crippen molar-refractivity contribution in [3.05, 3.63) is 33.8 Å². The van der Waals surface area contributed by atoms with E-state index in [1.165, 1.54) is 0 Å². The first-order valence-corrected chi connectivity index (χ1v) is 4.96. The van der Waals surface area contributed by atoms with Crippen molar-refractivity contribution >= 4 is 21.9 Å². The largest absolute Gasteiger partial charge is 0.481 e. The lowest BCUT2D eigenvalue weighted by Crippen LogP contribution is -2.06. The highest BCUT2D eigenvalue weighted by atomic mass is 79.9. The summed E-state index contributed by atoms with van der Waals surface area (Å²) in [5.74, 6) is -1.01. The van der Waals surface area contributed by atoms with Crippen molar-refractivity contribution in [2.45, 2.75) is 19.4 Å². The maximum absolute atomic E-state index is 10.4. The summed E-state index contributed by atoms with van der Waals surface area (Å²) in [6, 6.07) is 5.47. The van der Waals surface area contributed by atoms with Crippen molar-refractivity contribution in [1.29, 1.82) is 0 Å². The van der Waals surface area contributed by atoms with Crippen LogP contribution in [0.4, 0.5) is 0 Å². The van der Waals surface area contributed by atoms with Crippen LogP contribution in [0.5, 0.6) is 0 Å². The maximum atomic E-state index is 10.4. The molecule has 0 aliphatic carbocycles. The Morgan fingerprint density at radius 1 is 1.57 bits per heavy atom. The number of halogens is 1. The quantitative estimate of drug-likeness (QED) is 0.875. The lowest BCUT2D eigenvalue weighted by molar-refractivity contribution is -0.139. The molecule has 0 heterocycles. The molecule has 0 bridgehead atoms. The number of aliphatic carboxylic acids is 1. The van der Waals surface area contributed by atoms with E-state index < -0.39 is 12.1 Å². The highest BCUT2D eigenvalue weighted by molar-refractivity contribution is 9.10. The van der Waals surface area contributed by atoms with E-state index in [-0.39, 0.29) is 6.42 Å². The molecule has 14 heavy (non-hydrogen) atoms. The lowest BCUT2D eigenvalue weighted by atomic mass is 10.0. The van der Waals surface area contributed by atoms with Gasteiger partial charge in [0.05, 0.1) is 12.5 Å². The smallest absolute Gasteiger partial charge is 0.306 e. The van der Waals surface area contributed by atoms with Gasteiger partial charge in [0.15, 0.2) is 0 Å². The van der Waals surface area contributed by atoms with Crippen LogP contribution >= 0.6 is 15.9 Å². The molecule has 0 spiro atoms. The van der Waals surface area contributed by atoms with E-state index >= 15 is 0 Å². The summed E-state index contributed by atoms with van der Waals surface area (Å²) in [4.78, 5) is 10.4. The van der Waals surface area contributed by atoms with Crippen LogP contribution in [0.1, 0.15) is 23.7 Å². The summed E-state index contributed by atoms with van der Waals surface area (Å²) >= 11 is 3.27. The van der Waals surface area contributed by atoms with Gasteiger partial charge in [-0.05, 0) is 18.6 Å². The van der Waals surface area contributed by atoms with Gasteiger partial charge in [0, 0.05) is 4.47 Å². The molecule has 0 saturated carbocycles. The molecule has 1 aromatic rings. The molecule has 0 fully saturated rings. The molecule has 1 aromatic carbocycles. The fourth-order valence-corrected chi connectivity index (χ4v) is 1.70. The number of carboxylic acid groups (broad SMARTS) is 1. The van der Waals surface area contributed by atoms with Gasteiger partial charge in [-0.15, -0.1) is 0 Å². The number of aliphatic hydroxyl groups excluding tert-OH is 1. The van der Waals surface area contributed by atoms with E-state index in [0.29, 0.717) is 5.56 Å². The summed E-state index contributed by atoms with van der Waals surface area (Å²) in [6.45, 7) is 1.89. The van der Waals surface area contributed by atoms with Crippen molar-refractivity contribution in [1.82, 2.24) is 0 Å². The van der Waals surface area contributed by atoms with E-state index in [9.17, 15) is 9.90 Å². The Balaban J connectivity index is 2.93. The Morgan fingerprint density at radius 3 is 2.79 bits per heavy atom. The molecular formula is C10H11BrO3. The zero-order valence-corrected chi connectivity index (χ0v) is 9.28. The van der Waals surface area contributed by atoms with Crippen molar-refractivity contribution in [2.24, 2.45) is 0 Å². The molecular weight excluding hydrogens is 248 g/mol. The Hall–Kier alpha value is -0.870. The molecule has 1 unspecified atom stereocenters. The topological polar surface area (TPSA) is 57.5 Å². The average Bonchev–Trinajstić information content (AvgIpc) is 2.08. The second-order valence-corrected chi connectivity index (χ2v) is 3.99. The Labute approximate surface area is 90.5 Å². The van der Waals surface area contributed by atoms with E-state index in [4.69, 9.17) is 5.11 Å². The molecule has 3 nitrogen and oxygen atoms in total. The third-order valence-electron chi connectivity index (χ3n) is 1.88. The van der Waals surface area contributed by atoms with Crippen LogP contribution in [0.15, 0.2) is 22.7 Å². The maximum Gasteiger partial charge on any atom is 0.306 e. The van der Waals surface area contributed by atoms with Crippen molar-refractivity contribution < 1.29 is 15.0 Å². The molecule has 0 aromatic heterocycles. The second-order valence-electron chi connectivity index (χ2n) is 3.14. The van der Waals surface area contributed by atoms with Gasteiger partial charge in [-0.3, -0.25) is 4.79 Å². The highest BCUT2D eigenvalue weighted by Crippen LogP contribution is 2.26. The van der Waals surface area contributed by atoms with Crippen LogP contribution < -0.4 is 0 Å². The van der Waals surface area contributed by atoms with Crippen LogP contribution in [0.2, 0.25) is 0 Å². The van der Waals surface area contributed by atoms with Crippen molar-refractivity contribution in [3.8, 4) is 0 Å². The fraction of sp³-hybridized carbons (Fsp3) is 0.300. The van der Waals surface area contributed by atoms with Gasteiger partial charge in [-0.2, -0.15) is 0 Å². The lowest BCUT2D eigenvalue weighted by Gasteiger charge is -2.11. The van der Waals surface area contributed by atoms with Crippen LogP contribution in [0, 0.1) is 6.92 Å². The molecule has 1 atom stereocenters. The van der Waals surface area contributed by atoms with E-state index in [0.717, 1.165) is 10.0 Å². The molecule has 0 amide bonds. The number of hydrogen-bond donors (Lipinski definition) is 2. The van der Waals surface area contributed by atoms with Gasteiger partial charge in [-0.25, -0.2) is 0 Å². The highest BCUT2D eigenvalue weighted by Gasteiger charge is 2.14. The Morgan fingerprint density at radius 2 is 2.21 bits per heavy atom. The Bertz CT molecular complexity index is 349. The molecule has 0 saturated heterocycles. The van der Waals surface area contributed by atoms with E-state index in [1.807, 2.05) is 13.0 Å². The monoisotopic (exact) mass is 258 g/mol. The standard InChI is InChI=1S/C10H11BrO3/c1-6-2-3-8(11)7(4-6)9(12)5-10(13)14/h2-4,9,12H,5H2,1H3,(H,13,14). The first-order valence-electron chi connectivity index (χ1n) is 4.16. The van der Waals surface area contributed by atoms with Crippen LogP contribution in [0.25, 0.3) is 0 Å². The van der Waals surface area contributed by atoms with E-state index in [1.54, 1.807) is 12.1 Å².